The van der Waals surface area contributed by atoms with Crippen LogP contribution in [-0.2, 0) is 10.0 Å². The molecule has 1 aromatic heterocycles. The lowest BCUT2D eigenvalue weighted by molar-refractivity contribution is 0.443. The van der Waals surface area contributed by atoms with E-state index in [1.165, 1.54) is 22.6 Å². The van der Waals surface area contributed by atoms with Crippen molar-refractivity contribution in [3.8, 4) is 0 Å². The van der Waals surface area contributed by atoms with E-state index in [2.05, 4.69) is 10.4 Å². The van der Waals surface area contributed by atoms with Gasteiger partial charge in [-0.2, -0.15) is 16.1 Å². The summed E-state index contributed by atoms with van der Waals surface area (Å²) in [5.74, 6) is 7.24. The fourth-order valence-corrected chi connectivity index (χ4v) is 4.18. The van der Waals surface area contributed by atoms with E-state index in [0.717, 1.165) is 11.5 Å². The number of nitrogens with zero attached hydrogens (tertiary/aromatic N) is 2. The van der Waals surface area contributed by atoms with Crippen LogP contribution in [0.5, 0.6) is 0 Å². The Hall–Kier alpha value is -0.830. The maximum absolute atomic E-state index is 12.3. The summed E-state index contributed by atoms with van der Waals surface area (Å²) in [4.78, 5) is 4.12. The van der Waals surface area contributed by atoms with Crippen molar-refractivity contribution in [1.82, 2.24) is 9.29 Å². The molecule has 0 saturated carbocycles. The molecule has 1 aliphatic heterocycles. The van der Waals surface area contributed by atoms with Crippen LogP contribution in [0.15, 0.2) is 23.2 Å². The number of rotatable bonds is 3. The van der Waals surface area contributed by atoms with E-state index in [1.807, 2.05) is 0 Å². The molecule has 0 aliphatic carbocycles. The molecule has 1 saturated heterocycles. The molecule has 0 unspecified atom stereocenters. The summed E-state index contributed by atoms with van der Waals surface area (Å²) in [5.41, 5.74) is 2.34. The molecule has 1 fully saturated rings. The SMILES string of the molecule is NNc1cc(S(=O)(=O)N2CCSCC2)ccn1. The zero-order valence-corrected chi connectivity index (χ0v) is 10.8. The van der Waals surface area contributed by atoms with E-state index in [9.17, 15) is 8.42 Å². The minimum Gasteiger partial charge on any atom is -0.308 e. The summed E-state index contributed by atoms with van der Waals surface area (Å²) in [5, 5.41) is 0. The predicted octanol–water partition coefficient (Wildman–Crippen LogP) is 0.105. The van der Waals surface area contributed by atoms with Gasteiger partial charge in [-0.3, -0.25) is 0 Å². The molecule has 1 aromatic rings. The molecule has 0 atom stereocenters. The fourth-order valence-electron chi connectivity index (χ4n) is 1.59. The molecule has 3 N–H and O–H groups in total. The molecule has 2 heterocycles. The first-order valence-corrected chi connectivity index (χ1v) is 7.74. The van der Waals surface area contributed by atoms with Gasteiger partial charge < -0.3 is 5.43 Å². The quantitative estimate of drug-likeness (QED) is 0.600. The van der Waals surface area contributed by atoms with Gasteiger partial charge in [-0.1, -0.05) is 0 Å². The first-order valence-electron chi connectivity index (χ1n) is 5.15. The summed E-state index contributed by atoms with van der Waals surface area (Å²) in [6.07, 6.45) is 1.43. The van der Waals surface area contributed by atoms with Crippen molar-refractivity contribution in [3.05, 3.63) is 18.3 Å². The van der Waals surface area contributed by atoms with Gasteiger partial charge in [0.2, 0.25) is 10.0 Å². The molecule has 8 heteroatoms. The van der Waals surface area contributed by atoms with Crippen molar-refractivity contribution in [2.24, 2.45) is 5.84 Å². The smallest absolute Gasteiger partial charge is 0.243 e. The summed E-state index contributed by atoms with van der Waals surface area (Å²) >= 11 is 1.77. The maximum atomic E-state index is 12.3. The van der Waals surface area contributed by atoms with Crippen molar-refractivity contribution in [1.29, 1.82) is 0 Å². The molecule has 0 bridgehead atoms. The maximum Gasteiger partial charge on any atom is 0.243 e. The summed E-state index contributed by atoms with van der Waals surface area (Å²) < 4.78 is 26.1. The third-order valence-corrected chi connectivity index (χ3v) is 5.32. The highest BCUT2D eigenvalue weighted by Gasteiger charge is 2.26. The molecule has 2 rings (SSSR count). The second kappa shape index (κ2) is 5.21. The van der Waals surface area contributed by atoms with Crippen LogP contribution in [0.1, 0.15) is 0 Å². The first-order chi connectivity index (χ1) is 8.14. The van der Waals surface area contributed by atoms with Crippen LogP contribution in [0.25, 0.3) is 0 Å². The van der Waals surface area contributed by atoms with Crippen molar-refractivity contribution in [2.45, 2.75) is 4.90 Å². The van der Waals surface area contributed by atoms with Gasteiger partial charge in [0.05, 0.1) is 4.90 Å². The van der Waals surface area contributed by atoms with E-state index in [4.69, 9.17) is 5.84 Å². The van der Waals surface area contributed by atoms with E-state index in [-0.39, 0.29) is 4.90 Å². The highest BCUT2D eigenvalue weighted by Crippen LogP contribution is 2.20. The molecule has 0 amide bonds. The zero-order valence-electron chi connectivity index (χ0n) is 9.17. The number of hydrazine groups is 1. The lowest BCUT2D eigenvalue weighted by atomic mass is 10.5. The van der Waals surface area contributed by atoms with Gasteiger partial charge in [-0.25, -0.2) is 19.2 Å². The summed E-state index contributed by atoms with van der Waals surface area (Å²) in [7, 11) is -3.41. The Morgan fingerprint density at radius 1 is 1.41 bits per heavy atom. The molecule has 0 spiro atoms. The number of thioether (sulfide) groups is 1. The van der Waals surface area contributed by atoms with Crippen LogP contribution >= 0.6 is 11.8 Å². The van der Waals surface area contributed by atoms with Gasteiger partial charge in [-0.05, 0) is 6.07 Å². The Morgan fingerprint density at radius 2 is 2.12 bits per heavy atom. The fraction of sp³-hybridized carbons (Fsp3) is 0.444. The average molecular weight is 274 g/mol. The second-order valence-corrected chi connectivity index (χ2v) is 6.70. The number of hydrogen-bond donors (Lipinski definition) is 2. The number of aromatic nitrogens is 1. The number of sulfonamides is 1. The average Bonchev–Trinajstić information content (AvgIpc) is 2.40. The predicted molar refractivity (Wildman–Crippen MR) is 68.1 cm³/mol. The summed E-state index contributed by atoms with van der Waals surface area (Å²) in [6, 6.07) is 2.93. The van der Waals surface area contributed by atoms with Gasteiger partial charge in [0.15, 0.2) is 0 Å². The van der Waals surface area contributed by atoms with E-state index in [1.54, 1.807) is 11.8 Å². The van der Waals surface area contributed by atoms with E-state index >= 15 is 0 Å². The molecule has 94 valence electrons. The summed E-state index contributed by atoms with van der Waals surface area (Å²) in [6.45, 7) is 1.11. The largest absolute Gasteiger partial charge is 0.308 e. The Labute approximate surface area is 105 Å². The minimum absolute atomic E-state index is 0.229. The Kier molecular flexibility index (Phi) is 3.87. The minimum atomic E-state index is -3.41. The molecule has 0 aromatic carbocycles. The third-order valence-electron chi connectivity index (χ3n) is 2.49. The number of nitrogens with one attached hydrogen (secondary N) is 1. The topological polar surface area (TPSA) is 88.3 Å². The molecule has 1 aliphatic rings. The van der Waals surface area contributed by atoms with Crippen molar-refractivity contribution in [3.63, 3.8) is 0 Å². The highest BCUT2D eigenvalue weighted by molar-refractivity contribution is 7.99. The zero-order chi connectivity index (χ0) is 12.3. The molecule has 6 nitrogen and oxygen atoms in total. The van der Waals surface area contributed by atoms with Crippen molar-refractivity contribution in [2.75, 3.05) is 30.0 Å². The Morgan fingerprint density at radius 3 is 2.76 bits per heavy atom. The van der Waals surface area contributed by atoms with Crippen LogP contribution in [0.2, 0.25) is 0 Å². The number of anilines is 1. The van der Waals surface area contributed by atoms with Crippen LogP contribution in [0.3, 0.4) is 0 Å². The van der Waals surface area contributed by atoms with Gasteiger partial charge in [0.25, 0.3) is 0 Å². The van der Waals surface area contributed by atoms with Crippen molar-refractivity contribution < 1.29 is 8.42 Å². The highest BCUT2D eigenvalue weighted by atomic mass is 32.2. The number of nitrogen functional groups attached to an aromatic ring is 1. The van der Waals surface area contributed by atoms with Crippen LogP contribution in [0, 0.1) is 0 Å². The number of nitrogens with two attached hydrogens (primary N) is 1. The lowest BCUT2D eigenvalue weighted by Gasteiger charge is -2.25. The van der Waals surface area contributed by atoms with Crippen LogP contribution in [-0.4, -0.2) is 42.3 Å². The molecular formula is C9H14N4O2S2. The van der Waals surface area contributed by atoms with Crippen LogP contribution < -0.4 is 11.3 Å². The van der Waals surface area contributed by atoms with Gasteiger partial charge in [0.1, 0.15) is 5.82 Å². The molecule has 17 heavy (non-hydrogen) atoms. The van der Waals surface area contributed by atoms with E-state index in [0.29, 0.717) is 18.9 Å². The van der Waals surface area contributed by atoms with Gasteiger partial charge in [0, 0.05) is 36.9 Å². The number of pyridine rings is 1. The van der Waals surface area contributed by atoms with Crippen molar-refractivity contribution >= 4 is 27.6 Å². The monoisotopic (exact) mass is 274 g/mol. The second-order valence-electron chi connectivity index (χ2n) is 3.54. The third kappa shape index (κ3) is 2.71. The van der Waals surface area contributed by atoms with Crippen LogP contribution in [0.4, 0.5) is 5.82 Å². The Balaban J connectivity index is 2.29. The molecule has 0 radical (unpaired) electrons. The van der Waals surface area contributed by atoms with E-state index < -0.39 is 10.0 Å². The lowest BCUT2D eigenvalue weighted by Crippen LogP contribution is -2.37. The normalized spacial score (nSPS) is 17.9. The molecular weight excluding hydrogens is 260 g/mol. The first kappa shape index (κ1) is 12.6. The van der Waals surface area contributed by atoms with Gasteiger partial charge >= 0.3 is 0 Å². The standard InChI is InChI=1S/C9H14N4O2S2/c10-12-9-7-8(1-2-11-9)17(14,15)13-3-5-16-6-4-13/h1-2,7H,3-6,10H2,(H,11,12). The Bertz CT molecular complexity index is 486. The van der Waals surface area contributed by atoms with Gasteiger partial charge in [-0.15, -0.1) is 0 Å². The number of hydrogen-bond acceptors (Lipinski definition) is 6.